The van der Waals surface area contributed by atoms with Crippen molar-refractivity contribution in [1.29, 1.82) is 5.41 Å². The number of anilines is 1. The number of nitrogens with zero attached hydrogens (tertiary/aromatic N) is 2. The quantitative estimate of drug-likeness (QED) is 0.564. The first kappa shape index (κ1) is 20.0. The smallest absolute Gasteiger partial charge is 0.416 e. The summed E-state index contributed by atoms with van der Waals surface area (Å²) < 4.78 is 44.3. The second-order valence-corrected chi connectivity index (χ2v) is 7.43. The van der Waals surface area contributed by atoms with Crippen molar-refractivity contribution in [3.05, 3.63) is 70.2 Å². The molecule has 1 aliphatic heterocycles. The van der Waals surface area contributed by atoms with Crippen LogP contribution >= 0.6 is 11.3 Å². The third-order valence-electron chi connectivity index (χ3n) is 4.67. The van der Waals surface area contributed by atoms with E-state index in [-0.39, 0.29) is 29.4 Å². The number of halogens is 3. The number of amidine groups is 1. The van der Waals surface area contributed by atoms with Gasteiger partial charge in [0.2, 0.25) is 0 Å². The number of benzene rings is 2. The maximum atomic E-state index is 13.0. The molecular weight excluding hydrogens is 415 g/mol. The second kappa shape index (κ2) is 7.49. The Labute approximate surface area is 174 Å². The number of methoxy groups -OCH3 is 1. The molecule has 0 saturated carbocycles. The van der Waals surface area contributed by atoms with Crippen LogP contribution < -0.4 is 9.64 Å². The average molecular weight is 431 g/mol. The largest absolute Gasteiger partial charge is 0.510 e. The van der Waals surface area contributed by atoms with Gasteiger partial charge in [-0.15, -0.1) is 11.3 Å². The number of nitrogens with one attached hydrogen (secondary N) is 1. The van der Waals surface area contributed by atoms with Crippen LogP contribution in [0.25, 0.3) is 16.8 Å². The molecule has 2 N–H and O–H groups in total. The van der Waals surface area contributed by atoms with E-state index >= 15 is 0 Å². The summed E-state index contributed by atoms with van der Waals surface area (Å²) >= 11 is 1.25. The maximum absolute atomic E-state index is 13.0. The highest BCUT2D eigenvalue weighted by Gasteiger charge is 2.34. The minimum atomic E-state index is -4.49. The third kappa shape index (κ3) is 3.63. The number of hydrogen-bond acceptors (Lipinski definition) is 5. The lowest BCUT2D eigenvalue weighted by Gasteiger charge is -2.20. The van der Waals surface area contributed by atoms with Gasteiger partial charge in [0.05, 0.1) is 30.5 Å². The normalized spacial score (nSPS) is 14.5. The molecule has 0 bridgehead atoms. The summed E-state index contributed by atoms with van der Waals surface area (Å²) in [6.45, 7) is -0.0937. The number of aliphatic hydroxyl groups is 1. The molecule has 0 spiro atoms. The molecule has 4 rings (SSSR count). The Morgan fingerprint density at radius 3 is 2.67 bits per heavy atom. The second-order valence-electron chi connectivity index (χ2n) is 6.57. The Bertz CT molecular complexity index is 1150. The number of alkyl halides is 3. The molecule has 154 valence electrons. The Hall–Kier alpha value is -3.33. The molecule has 0 saturated heterocycles. The third-order valence-corrected chi connectivity index (χ3v) is 5.53. The summed E-state index contributed by atoms with van der Waals surface area (Å²) in [5.74, 6) is 0.468. The minimum absolute atomic E-state index is 0.0937. The number of aromatic nitrogens is 1. The monoisotopic (exact) mass is 431 g/mol. The molecule has 0 radical (unpaired) electrons. The van der Waals surface area contributed by atoms with E-state index in [9.17, 15) is 18.3 Å². The molecule has 0 atom stereocenters. The van der Waals surface area contributed by atoms with Gasteiger partial charge in [0.1, 0.15) is 22.4 Å². The summed E-state index contributed by atoms with van der Waals surface area (Å²) in [6.07, 6.45) is -4.49. The van der Waals surface area contributed by atoms with Crippen molar-refractivity contribution in [3.63, 3.8) is 0 Å². The van der Waals surface area contributed by atoms with Gasteiger partial charge in [-0.3, -0.25) is 5.41 Å². The van der Waals surface area contributed by atoms with Crippen LogP contribution in [0.1, 0.15) is 10.6 Å². The summed E-state index contributed by atoms with van der Waals surface area (Å²) in [5, 5.41) is 21.1. The highest BCUT2D eigenvalue weighted by Crippen LogP contribution is 2.37. The molecule has 3 aromatic rings. The predicted octanol–water partition coefficient (Wildman–Crippen LogP) is 5.60. The molecular formula is C21H16F3N3O2S. The van der Waals surface area contributed by atoms with Crippen molar-refractivity contribution < 1.29 is 23.0 Å². The molecule has 1 aliphatic rings. The van der Waals surface area contributed by atoms with E-state index in [2.05, 4.69) is 4.98 Å². The maximum Gasteiger partial charge on any atom is 0.416 e. The first-order valence-electron chi connectivity index (χ1n) is 8.84. The summed E-state index contributed by atoms with van der Waals surface area (Å²) in [4.78, 5) is 5.85. The first-order chi connectivity index (χ1) is 14.3. The van der Waals surface area contributed by atoms with Crippen LogP contribution in [0.5, 0.6) is 5.75 Å². The SMILES string of the molecule is COc1cccc(-c2csc(C3=C(O)CN(c4cccc(C(F)(F)F)c4)C3=N)n2)c1. The van der Waals surface area contributed by atoms with E-state index in [0.717, 1.165) is 17.7 Å². The van der Waals surface area contributed by atoms with Gasteiger partial charge in [0.25, 0.3) is 0 Å². The van der Waals surface area contributed by atoms with Crippen molar-refractivity contribution in [1.82, 2.24) is 4.98 Å². The van der Waals surface area contributed by atoms with Crippen LogP contribution in [0, 0.1) is 5.41 Å². The fourth-order valence-corrected chi connectivity index (χ4v) is 4.07. The fraction of sp³-hybridized carbons (Fsp3) is 0.143. The first-order valence-corrected chi connectivity index (χ1v) is 9.72. The molecule has 0 amide bonds. The standard InChI is InChI=1S/C21H16F3N3O2S/c1-29-15-7-2-4-12(8-15)16-11-30-20(26-16)18-17(28)10-27(19(18)25)14-6-3-5-13(9-14)21(22,23)24/h2-9,11,25,28H,10H2,1H3. The Morgan fingerprint density at radius 1 is 1.17 bits per heavy atom. The molecule has 1 aromatic heterocycles. The number of aliphatic hydroxyl groups excluding tert-OH is 1. The van der Waals surface area contributed by atoms with Crippen LogP contribution in [0.3, 0.4) is 0 Å². The Kier molecular flexibility index (Phi) is 4.98. The molecule has 30 heavy (non-hydrogen) atoms. The summed E-state index contributed by atoms with van der Waals surface area (Å²) in [7, 11) is 1.57. The van der Waals surface area contributed by atoms with E-state index in [1.165, 1.54) is 28.4 Å². The number of hydrogen-bond donors (Lipinski definition) is 2. The van der Waals surface area contributed by atoms with Crippen molar-refractivity contribution in [2.24, 2.45) is 0 Å². The molecule has 2 heterocycles. The highest BCUT2D eigenvalue weighted by molar-refractivity contribution is 7.11. The van der Waals surface area contributed by atoms with E-state index in [1.807, 2.05) is 24.3 Å². The van der Waals surface area contributed by atoms with E-state index in [1.54, 1.807) is 12.5 Å². The van der Waals surface area contributed by atoms with E-state index in [4.69, 9.17) is 10.1 Å². The van der Waals surface area contributed by atoms with Crippen molar-refractivity contribution >= 4 is 28.4 Å². The molecule has 5 nitrogen and oxygen atoms in total. The Morgan fingerprint density at radius 2 is 1.93 bits per heavy atom. The lowest BCUT2D eigenvalue weighted by molar-refractivity contribution is -0.137. The highest BCUT2D eigenvalue weighted by atomic mass is 32.1. The number of rotatable bonds is 4. The van der Waals surface area contributed by atoms with E-state index in [0.29, 0.717) is 16.5 Å². The van der Waals surface area contributed by atoms with Crippen LogP contribution in [-0.4, -0.2) is 29.6 Å². The zero-order valence-electron chi connectivity index (χ0n) is 15.7. The van der Waals surface area contributed by atoms with Crippen molar-refractivity contribution in [3.8, 4) is 17.0 Å². The molecule has 0 unspecified atom stereocenters. The molecule has 9 heteroatoms. The van der Waals surface area contributed by atoms with Crippen LogP contribution in [0.4, 0.5) is 18.9 Å². The minimum Gasteiger partial charge on any atom is -0.510 e. The van der Waals surface area contributed by atoms with Gasteiger partial charge in [-0.1, -0.05) is 18.2 Å². The topological polar surface area (TPSA) is 69.4 Å². The molecule has 0 fully saturated rings. The van der Waals surface area contributed by atoms with E-state index < -0.39 is 11.7 Å². The Balaban J connectivity index is 1.63. The van der Waals surface area contributed by atoms with Crippen molar-refractivity contribution in [2.75, 3.05) is 18.6 Å². The lowest BCUT2D eigenvalue weighted by atomic mass is 10.1. The van der Waals surface area contributed by atoms with Crippen LogP contribution in [0.2, 0.25) is 0 Å². The van der Waals surface area contributed by atoms with Gasteiger partial charge in [-0.25, -0.2) is 4.98 Å². The zero-order chi connectivity index (χ0) is 21.5. The molecule has 2 aromatic carbocycles. The number of ether oxygens (including phenoxy) is 1. The van der Waals surface area contributed by atoms with Gasteiger partial charge in [0.15, 0.2) is 0 Å². The van der Waals surface area contributed by atoms with Gasteiger partial charge < -0.3 is 14.7 Å². The zero-order valence-corrected chi connectivity index (χ0v) is 16.5. The lowest BCUT2D eigenvalue weighted by Crippen LogP contribution is -2.26. The summed E-state index contributed by atoms with van der Waals surface area (Å²) in [5.41, 5.74) is 1.05. The van der Waals surface area contributed by atoms with Gasteiger partial charge in [-0.05, 0) is 30.3 Å². The predicted molar refractivity (Wildman–Crippen MR) is 110 cm³/mol. The average Bonchev–Trinajstić information content (AvgIpc) is 3.32. The number of thiazole rings is 1. The van der Waals surface area contributed by atoms with Crippen molar-refractivity contribution in [2.45, 2.75) is 6.18 Å². The van der Waals surface area contributed by atoms with Gasteiger partial charge >= 0.3 is 6.18 Å². The summed E-state index contributed by atoms with van der Waals surface area (Å²) in [6, 6.07) is 12.0. The fourth-order valence-electron chi connectivity index (χ4n) is 3.18. The van der Waals surface area contributed by atoms with Crippen LogP contribution in [0.15, 0.2) is 59.7 Å². The van der Waals surface area contributed by atoms with Gasteiger partial charge in [-0.2, -0.15) is 13.2 Å². The molecule has 0 aliphatic carbocycles. The van der Waals surface area contributed by atoms with Gasteiger partial charge in [0, 0.05) is 16.6 Å². The van der Waals surface area contributed by atoms with Crippen LogP contribution in [-0.2, 0) is 6.18 Å².